The lowest BCUT2D eigenvalue weighted by atomic mass is 10.00. The van der Waals surface area contributed by atoms with Gasteiger partial charge in [0.2, 0.25) is 5.91 Å². The topological polar surface area (TPSA) is 47.6 Å². The summed E-state index contributed by atoms with van der Waals surface area (Å²) in [6.45, 7) is 11.1. The van der Waals surface area contributed by atoms with Crippen LogP contribution in [-0.2, 0) is 4.79 Å². The number of amides is 1. The summed E-state index contributed by atoms with van der Waals surface area (Å²) >= 11 is 0. The lowest BCUT2D eigenvalue weighted by molar-refractivity contribution is -0.122. The number of carbonyl (C=O) groups is 1. The number of likely N-dealkylation sites (N-methyl/N-ethyl adjacent to an activating group) is 1. The van der Waals surface area contributed by atoms with Crippen molar-refractivity contribution in [3.8, 4) is 0 Å². The van der Waals surface area contributed by atoms with Crippen molar-refractivity contribution >= 4 is 5.91 Å². The highest BCUT2D eigenvalue weighted by Crippen LogP contribution is 2.08. The monoisotopic (exact) mass is 268 g/mol. The van der Waals surface area contributed by atoms with Crippen molar-refractivity contribution in [2.75, 3.05) is 58.9 Å². The van der Waals surface area contributed by atoms with Crippen LogP contribution in [0.5, 0.6) is 0 Å². The molecule has 2 aliphatic rings. The van der Waals surface area contributed by atoms with E-state index < -0.39 is 0 Å². The molecule has 0 spiro atoms. The van der Waals surface area contributed by atoms with E-state index in [4.69, 9.17) is 0 Å². The van der Waals surface area contributed by atoms with Crippen LogP contribution in [-0.4, -0.2) is 74.6 Å². The summed E-state index contributed by atoms with van der Waals surface area (Å²) in [5, 5.41) is 6.47. The Balaban J connectivity index is 1.59. The molecule has 0 radical (unpaired) electrons. The molecule has 0 bridgehead atoms. The number of nitrogens with one attached hydrogen (secondary N) is 2. The van der Waals surface area contributed by atoms with Crippen LogP contribution in [0.15, 0.2) is 0 Å². The number of nitrogens with zero attached hydrogens (tertiary/aromatic N) is 2. The molecule has 0 aromatic rings. The van der Waals surface area contributed by atoms with Gasteiger partial charge in [0.15, 0.2) is 0 Å². The molecule has 0 saturated carbocycles. The molecular formula is C14H28N4O. The maximum Gasteiger partial charge on any atom is 0.234 e. The van der Waals surface area contributed by atoms with E-state index in [0.717, 1.165) is 52.4 Å². The first kappa shape index (κ1) is 14.8. The summed E-state index contributed by atoms with van der Waals surface area (Å²) in [6, 6.07) is 0. The predicted molar refractivity (Wildman–Crippen MR) is 77.2 cm³/mol. The van der Waals surface area contributed by atoms with Crippen LogP contribution in [0.2, 0.25) is 0 Å². The van der Waals surface area contributed by atoms with Gasteiger partial charge >= 0.3 is 0 Å². The van der Waals surface area contributed by atoms with E-state index in [0.29, 0.717) is 12.5 Å². The highest BCUT2D eigenvalue weighted by atomic mass is 16.2. The third-order valence-corrected chi connectivity index (χ3v) is 4.27. The van der Waals surface area contributed by atoms with Gasteiger partial charge in [0, 0.05) is 32.7 Å². The first-order valence-corrected chi connectivity index (χ1v) is 7.70. The number of piperazine rings is 1. The highest BCUT2D eigenvalue weighted by Gasteiger charge is 2.18. The van der Waals surface area contributed by atoms with Crippen LogP contribution in [0.4, 0.5) is 0 Å². The van der Waals surface area contributed by atoms with Gasteiger partial charge in [0.05, 0.1) is 6.54 Å². The largest absolute Gasteiger partial charge is 0.355 e. The third kappa shape index (κ3) is 5.09. The fraction of sp³-hybridized carbons (Fsp3) is 0.929. The zero-order valence-electron chi connectivity index (χ0n) is 12.2. The second-order valence-corrected chi connectivity index (χ2v) is 5.73. The van der Waals surface area contributed by atoms with Crippen molar-refractivity contribution in [2.45, 2.75) is 19.8 Å². The molecule has 2 saturated heterocycles. The average molecular weight is 268 g/mol. The maximum absolute atomic E-state index is 11.9. The fourth-order valence-corrected chi connectivity index (χ4v) is 2.88. The van der Waals surface area contributed by atoms with Gasteiger partial charge in [-0.15, -0.1) is 0 Å². The predicted octanol–water partition coefficient (Wildman–Crippen LogP) is -0.260. The molecule has 0 aliphatic carbocycles. The van der Waals surface area contributed by atoms with Crippen LogP contribution in [0.1, 0.15) is 19.8 Å². The number of hydrogen-bond acceptors (Lipinski definition) is 4. The Morgan fingerprint density at radius 1 is 1.26 bits per heavy atom. The van der Waals surface area contributed by atoms with E-state index in [1.807, 2.05) is 0 Å². The molecule has 0 aromatic heterocycles. The average Bonchev–Trinajstić information content (AvgIpc) is 2.47. The van der Waals surface area contributed by atoms with E-state index in [9.17, 15) is 4.79 Å². The first-order chi connectivity index (χ1) is 9.28. The molecule has 2 heterocycles. The van der Waals surface area contributed by atoms with Crippen LogP contribution in [0, 0.1) is 5.92 Å². The molecule has 5 nitrogen and oxygen atoms in total. The quantitative estimate of drug-likeness (QED) is 0.721. The molecule has 1 unspecified atom stereocenters. The second-order valence-electron chi connectivity index (χ2n) is 5.73. The molecule has 2 fully saturated rings. The maximum atomic E-state index is 11.9. The Morgan fingerprint density at radius 3 is 2.63 bits per heavy atom. The zero-order chi connectivity index (χ0) is 13.5. The van der Waals surface area contributed by atoms with Crippen molar-refractivity contribution in [3.63, 3.8) is 0 Å². The minimum Gasteiger partial charge on any atom is -0.355 e. The first-order valence-electron chi connectivity index (χ1n) is 7.70. The number of piperidine rings is 1. The van der Waals surface area contributed by atoms with Crippen molar-refractivity contribution < 1.29 is 4.79 Å². The van der Waals surface area contributed by atoms with Crippen molar-refractivity contribution in [1.29, 1.82) is 0 Å². The van der Waals surface area contributed by atoms with Gasteiger partial charge in [-0.05, 0) is 38.4 Å². The molecule has 19 heavy (non-hydrogen) atoms. The van der Waals surface area contributed by atoms with E-state index >= 15 is 0 Å². The minimum absolute atomic E-state index is 0.190. The lowest BCUT2D eigenvalue weighted by Crippen LogP contribution is -2.49. The molecule has 1 amide bonds. The molecule has 1 atom stereocenters. The molecule has 2 aliphatic heterocycles. The summed E-state index contributed by atoms with van der Waals surface area (Å²) in [4.78, 5) is 16.6. The second kappa shape index (κ2) is 7.82. The van der Waals surface area contributed by atoms with Gasteiger partial charge in [-0.1, -0.05) is 6.92 Å². The number of carbonyl (C=O) groups excluding carboxylic acids is 1. The minimum atomic E-state index is 0.190. The van der Waals surface area contributed by atoms with E-state index in [2.05, 4.69) is 27.4 Å². The molecule has 2 rings (SSSR count). The highest BCUT2D eigenvalue weighted by molar-refractivity contribution is 5.78. The summed E-state index contributed by atoms with van der Waals surface area (Å²) in [7, 11) is 0. The zero-order valence-corrected chi connectivity index (χ0v) is 12.2. The van der Waals surface area contributed by atoms with Gasteiger partial charge in [0.25, 0.3) is 0 Å². The fourth-order valence-electron chi connectivity index (χ4n) is 2.88. The summed E-state index contributed by atoms with van der Waals surface area (Å²) < 4.78 is 0. The Labute approximate surface area is 116 Å². The number of rotatable bonds is 5. The van der Waals surface area contributed by atoms with Gasteiger partial charge in [-0.2, -0.15) is 0 Å². The molecule has 5 heteroatoms. The molecule has 2 N–H and O–H groups in total. The normalized spacial score (nSPS) is 26.3. The molecule has 0 aromatic carbocycles. The van der Waals surface area contributed by atoms with E-state index in [1.54, 1.807) is 0 Å². The number of hydrogen-bond donors (Lipinski definition) is 2. The van der Waals surface area contributed by atoms with Gasteiger partial charge in [-0.25, -0.2) is 0 Å². The summed E-state index contributed by atoms with van der Waals surface area (Å²) in [6.07, 6.45) is 2.47. The Hall–Kier alpha value is -0.650. The van der Waals surface area contributed by atoms with Gasteiger partial charge in [-0.3, -0.25) is 9.69 Å². The molecular weight excluding hydrogens is 240 g/mol. The standard InChI is InChI=1S/C14H28N4O/c1-2-17-6-8-18(9-7-17)12-14(19)16-11-13-4-3-5-15-10-13/h13,15H,2-12H2,1H3,(H,16,19). The van der Waals surface area contributed by atoms with Gasteiger partial charge in [0.1, 0.15) is 0 Å². The lowest BCUT2D eigenvalue weighted by Gasteiger charge is -2.33. The SMILES string of the molecule is CCN1CCN(CC(=O)NCC2CCCNC2)CC1. The van der Waals surface area contributed by atoms with Gasteiger partial charge < -0.3 is 15.5 Å². The van der Waals surface area contributed by atoms with Crippen LogP contribution < -0.4 is 10.6 Å². The Morgan fingerprint density at radius 2 is 2.00 bits per heavy atom. The van der Waals surface area contributed by atoms with Crippen LogP contribution in [0.25, 0.3) is 0 Å². The van der Waals surface area contributed by atoms with E-state index in [-0.39, 0.29) is 5.91 Å². The van der Waals surface area contributed by atoms with Crippen molar-refractivity contribution in [2.24, 2.45) is 5.92 Å². The van der Waals surface area contributed by atoms with Crippen molar-refractivity contribution in [1.82, 2.24) is 20.4 Å². The summed E-state index contributed by atoms with van der Waals surface area (Å²) in [5.74, 6) is 0.810. The van der Waals surface area contributed by atoms with Crippen LogP contribution in [0.3, 0.4) is 0 Å². The third-order valence-electron chi connectivity index (χ3n) is 4.27. The van der Waals surface area contributed by atoms with Crippen molar-refractivity contribution in [3.05, 3.63) is 0 Å². The van der Waals surface area contributed by atoms with E-state index in [1.165, 1.54) is 12.8 Å². The summed E-state index contributed by atoms with van der Waals surface area (Å²) in [5.41, 5.74) is 0. The Bertz CT molecular complexity index is 271. The smallest absolute Gasteiger partial charge is 0.234 e. The molecule has 110 valence electrons. The Kier molecular flexibility index (Phi) is 6.07. The van der Waals surface area contributed by atoms with Crippen LogP contribution >= 0.6 is 0 Å².